The number of hydrogen-bond acceptors (Lipinski definition) is 7. The van der Waals surface area contributed by atoms with Gasteiger partial charge in [-0.15, -0.1) is 21.6 Å². The van der Waals surface area contributed by atoms with Crippen molar-refractivity contribution >= 4 is 39.3 Å². The van der Waals surface area contributed by atoms with Crippen molar-refractivity contribution in [1.29, 1.82) is 5.26 Å². The second-order valence-corrected chi connectivity index (χ2v) is 8.32. The van der Waals surface area contributed by atoms with Crippen LogP contribution in [0.1, 0.15) is 33.3 Å². The van der Waals surface area contributed by atoms with Crippen LogP contribution in [-0.2, 0) is 0 Å². The predicted molar refractivity (Wildman–Crippen MR) is 128 cm³/mol. The Kier molecular flexibility index (Phi) is 7.71. The van der Waals surface area contributed by atoms with Crippen molar-refractivity contribution in [2.75, 3.05) is 29.9 Å². The third-order valence-corrected chi connectivity index (χ3v) is 6.01. The Bertz CT molecular complexity index is 1160. The molecule has 0 aliphatic carbocycles. The van der Waals surface area contributed by atoms with Crippen LogP contribution < -0.4 is 10.2 Å². The molecule has 3 rings (SSSR count). The summed E-state index contributed by atoms with van der Waals surface area (Å²) in [6.07, 6.45) is 0. The van der Waals surface area contributed by atoms with Crippen molar-refractivity contribution in [3.63, 3.8) is 0 Å². The standard InChI is InChI=1S/C24H25N5O2S/c1-4-29(13-14-30)19-11-9-18(10-12-19)27-28-24-20(15-25)22(17(3)32-24)23(31)26-21-8-6-5-7-16(21)2/h5-12,30H,4,13-14H2,1-3H3,(H,26,31). The molecule has 0 unspecified atom stereocenters. The van der Waals surface area contributed by atoms with Gasteiger partial charge in [-0.25, -0.2) is 0 Å². The number of para-hydroxylation sites is 1. The lowest BCUT2D eigenvalue weighted by Gasteiger charge is -2.21. The number of carbonyl (C=O) groups excluding carboxylic acids is 1. The highest BCUT2D eigenvalue weighted by molar-refractivity contribution is 7.16. The third kappa shape index (κ3) is 5.19. The number of nitrogens with zero attached hydrogens (tertiary/aromatic N) is 4. The van der Waals surface area contributed by atoms with E-state index in [4.69, 9.17) is 0 Å². The van der Waals surface area contributed by atoms with Crippen LogP contribution in [0.3, 0.4) is 0 Å². The van der Waals surface area contributed by atoms with Crippen molar-refractivity contribution in [3.05, 3.63) is 70.1 Å². The molecule has 0 atom stereocenters. The minimum atomic E-state index is -0.334. The summed E-state index contributed by atoms with van der Waals surface area (Å²) >= 11 is 1.27. The Morgan fingerprint density at radius 2 is 1.88 bits per heavy atom. The molecule has 1 heterocycles. The Morgan fingerprint density at radius 1 is 1.16 bits per heavy atom. The maximum atomic E-state index is 12.9. The summed E-state index contributed by atoms with van der Waals surface area (Å²) in [5.41, 5.74) is 3.82. The first-order valence-corrected chi connectivity index (χ1v) is 11.1. The minimum Gasteiger partial charge on any atom is -0.395 e. The van der Waals surface area contributed by atoms with Gasteiger partial charge >= 0.3 is 0 Å². The number of benzene rings is 2. The van der Waals surface area contributed by atoms with Gasteiger partial charge in [-0.1, -0.05) is 18.2 Å². The number of aryl methyl sites for hydroxylation is 2. The molecule has 0 bridgehead atoms. The van der Waals surface area contributed by atoms with Crippen LogP contribution >= 0.6 is 11.3 Å². The molecule has 2 aromatic carbocycles. The van der Waals surface area contributed by atoms with Crippen LogP contribution in [0.4, 0.5) is 22.1 Å². The summed E-state index contributed by atoms with van der Waals surface area (Å²) in [4.78, 5) is 15.6. The number of rotatable bonds is 8. The van der Waals surface area contributed by atoms with E-state index in [9.17, 15) is 15.2 Å². The number of hydrogen-bond donors (Lipinski definition) is 2. The van der Waals surface area contributed by atoms with E-state index in [0.717, 1.165) is 17.8 Å². The van der Waals surface area contributed by atoms with Gasteiger partial charge in [0, 0.05) is 29.3 Å². The second kappa shape index (κ2) is 10.7. The van der Waals surface area contributed by atoms with Gasteiger partial charge < -0.3 is 15.3 Å². The molecule has 0 saturated carbocycles. The smallest absolute Gasteiger partial charge is 0.258 e. The summed E-state index contributed by atoms with van der Waals surface area (Å²) < 4.78 is 0. The van der Waals surface area contributed by atoms with Gasteiger partial charge in [-0.05, 0) is 56.7 Å². The van der Waals surface area contributed by atoms with E-state index in [1.54, 1.807) is 6.92 Å². The Balaban J connectivity index is 1.82. The third-order valence-electron chi connectivity index (χ3n) is 5.02. The van der Waals surface area contributed by atoms with Crippen LogP contribution in [0.15, 0.2) is 58.8 Å². The van der Waals surface area contributed by atoms with Gasteiger partial charge in [0.2, 0.25) is 0 Å². The van der Waals surface area contributed by atoms with Gasteiger partial charge in [0.1, 0.15) is 11.6 Å². The van der Waals surface area contributed by atoms with Crippen molar-refractivity contribution in [2.45, 2.75) is 20.8 Å². The first-order chi connectivity index (χ1) is 15.5. The minimum absolute atomic E-state index is 0.0870. The largest absolute Gasteiger partial charge is 0.395 e. The van der Waals surface area contributed by atoms with E-state index in [-0.39, 0.29) is 18.1 Å². The zero-order valence-corrected chi connectivity index (χ0v) is 19.1. The zero-order chi connectivity index (χ0) is 23.1. The Labute approximate surface area is 191 Å². The number of aliphatic hydroxyl groups excluding tert-OH is 1. The summed E-state index contributed by atoms with van der Waals surface area (Å²) in [5.74, 6) is -0.334. The lowest BCUT2D eigenvalue weighted by molar-refractivity contribution is 0.102. The van der Waals surface area contributed by atoms with E-state index in [2.05, 4.69) is 26.5 Å². The zero-order valence-electron chi connectivity index (χ0n) is 18.3. The fourth-order valence-corrected chi connectivity index (χ4v) is 4.22. The number of anilines is 2. The summed E-state index contributed by atoms with van der Waals surface area (Å²) in [6.45, 7) is 7.17. The van der Waals surface area contributed by atoms with E-state index in [1.165, 1.54) is 11.3 Å². The normalized spacial score (nSPS) is 10.8. The number of nitrogens with one attached hydrogen (secondary N) is 1. The summed E-state index contributed by atoms with van der Waals surface area (Å²) in [7, 11) is 0. The summed E-state index contributed by atoms with van der Waals surface area (Å²) in [5, 5.41) is 30.7. The van der Waals surface area contributed by atoms with Gasteiger partial charge in [0.15, 0.2) is 5.00 Å². The molecule has 1 amide bonds. The first-order valence-electron chi connectivity index (χ1n) is 10.3. The van der Waals surface area contributed by atoms with Gasteiger partial charge in [-0.2, -0.15) is 5.26 Å². The first kappa shape index (κ1) is 23.1. The van der Waals surface area contributed by atoms with E-state index in [1.807, 2.05) is 62.4 Å². The maximum absolute atomic E-state index is 12.9. The Morgan fingerprint density at radius 3 is 2.50 bits per heavy atom. The number of carbonyl (C=O) groups is 1. The molecule has 7 nitrogen and oxygen atoms in total. The SMILES string of the molecule is CCN(CCO)c1ccc(N=Nc2sc(C)c(C(=O)Nc3ccccc3C)c2C#N)cc1. The number of thiophene rings is 1. The van der Waals surface area contributed by atoms with E-state index >= 15 is 0 Å². The highest BCUT2D eigenvalue weighted by Gasteiger charge is 2.22. The highest BCUT2D eigenvalue weighted by atomic mass is 32.1. The molecule has 2 N–H and O–H groups in total. The predicted octanol–water partition coefficient (Wildman–Crippen LogP) is 5.72. The van der Waals surface area contributed by atoms with Crippen molar-refractivity contribution in [1.82, 2.24) is 0 Å². The molecule has 32 heavy (non-hydrogen) atoms. The number of azo groups is 1. The molecule has 164 valence electrons. The number of amides is 1. The number of likely N-dealkylation sites (N-methyl/N-ethyl adjacent to an activating group) is 1. The van der Waals surface area contributed by atoms with Crippen molar-refractivity contribution in [3.8, 4) is 6.07 Å². The number of aliphatic hydroxyl groups is 1. The molecular formula is C24H25N5O2S. The molecular weight excluding hydrogens is 422 g/mol. The molecule has 1 aromatic heterocycles. The second-order valence-electron chi connectivity index (χ2n) is 7.11. The van der Waals surface area contributed by atoms with Crippen LogP contribution in [0.5, 0.6) is 0 Å². The van der Waals surface area contributed by atoms with Crippen LogP contribution in [0.25, 0.3) is 0 Å². The Hall–Kier alpha value is -3.54. The molecule has 0 saturated heterocycles. The molecule has 0 aliphatic heterocycles. The average molecular weight is 448 g/mol. The van der Waals surface area contributed by atoms with E-state index in [0.29, 0.717) is 33.4 Å². The van der Waals surface area contributed by atoms with E-state index < -0.39 is 0 Å². The fraction of sp³-hybridized carbons (Fsp3) is 0.250. The lowest BCUT2D eigenvalue weighted by atomic mass is 10.1. The van der Waals surface area contributed by atoms with Gasteiger partial charge in [-0.3, -0.25) is 4.79 Å². The van der Waals surface area contributed by atoms with Gasteiger partial charge in [0.25, 0.3) is 5.91 Å². The lowest BCUT2D eigenvalue weighted by Crippen LogP contribution is -2.25. The molecule has 3 aromatic rings. The highest BCUT2D eigenvalue weighted by Crippen LogP contribution is 2.36. The van der Waals surface area contributed by atoms with Crippen molar-refractivity contribution < 1.29 is 9.90 Å². The molecule has 0 fully saturated rings. The molecule has 0 spiro atoms. The maximum Gasteiger partial charge on any atom is 0.258 e. The quantitative estimate of drug-likeness (QED) is 0.431. The molecule has 8 heteroatoms. The topological polar surface area (TPSA) is 101 Å². The average Bonchev–Trinajstić information content (AvgIpc) is 3.13. The monoisotopic (exact) mass is 447 g/mol. The van der Waals surface area contributed by atoms with Crippen LogP contribution in [0, 0.1) is 25.2 Å². The molecule has 0 aliphatic rings. The van der Waals surface area contributed by atoms with Gasteiger partial charge in [0.05, 0.1) is 17.9 Å². The van der Waals surface area contributed by atoms with Crippen LogP contribution in [0.2, 0.25) is 0 Å². The number of nitriles is 1. The fourth-order valence-electron chi connectivity index (χ4n) is 3.30. The van der Waals surface area contributed by atoms with Crippen molar-refractivity contribution in [2.24, 2.45) is 10.2 Å². The van der Waals surface area contributed by atoms with Crippen LogP contribution in [-0.4, -0.2) is 30.7 Å². The molecule has 0 radical (unpaired) electrons. The summed E-state index contributed by atoms with van der Waals surface area (Å²) in [6, 6.07) is 17.1.